The van der Waals surface area contributed by atoms with Gasteiger partial charge in [-0.2, -0.15) is 4.31 Å². The molecule has 1 N–H and O–H groups in total. The van der Waals surface area contributed by atoms with Gasteiger partial charge in [-0.15, -0.1) is 0 Å². The first-order valence-electron chi connectivity index (χ1n) is 7.53. The third-order valence-electron chi connectivity index (χ3n) is 3.68. The third kappa shape index (κ3) is 6.15. The molecule has 0 aliphatic heterocycles. The molecule has 0 saturated carbocycles. The summed E-state index contributed by atoms with van der Waals surface area (Å²) in [7, 11) is -3.36. The quantitative estimate of drug-likeness (QED) is 0.795. The zero-order chi connectivity index (χ0) is 16.8. The fraction of sp³-hybridized carbons (Fsp3) is 0.562. The van der Waals surface area contributed by atoms with Crippen molar-refractivity contribution in [2.24, 2.45) is 0 Å². The van der Waals surface area contributed by atoms with Gasteiger partial charge in [0.2, 0.25) is 15.9 Å². The SMILES string of the molecule is CCC(C)NC(=O)CCN(Cc1ccccc1C)S(C)(=O)=O. The van der Waals surface area contributed by atoms with Gasteiger partial charge in [-0.1, -0.05) is 31.2 Å². The molecule has 1 atom stereocenters. The second kappa shape index (κ2) is 8.29. The highest BCUT2D eigenvalue weighted by Crippen LogP contribution is 2.13. The lowest BCUT2D eigenvalue weighted by Gasteiger charge is -2.21. The summed E-state index contributed by atoms with van der Waals surface area (Å²) in [5.74, 6) is -0.118. The van der Waals surface area contributed by atoms with Gasteiger partial charge < -0.3 is 5.32 Å². The number of aryl methyl sites for hydroxylation is 1. The van der Waals surface area contributed by atoms with E-state index in [2.05, 4.69) is 5.32 Å². The minimum Gasteiger partial charge on any atom is -0.354 e. The average molecular weight is 326 g/mol. The second-order valence-corrected chi connectivity index (χ2v) is 7.63. The smallest absolute Gasteiger partial charge is 0.221 e. The van der Waals surface area contributed by atoms with Crippen LogP contribution < -0.4 is 5.32 Å². The molecule has 1 aromatic rings. The summed E-state index contributed by atoms with van der Waals surface area (Å²) in [5, 5.41) is 2.85. The number of benzene rings is 1. The molecule has 6 heteroatoms. The highest BCUT2D eigenvalue weighted by atomic mass is 32.2. The number of nitrogens with one attached hydrogen (secondary N) is 1. The molecule has 0 aliphatic rings. The van der Waals surface area contributed by atoms with E-state index in [9.17, 15) is 13.2 Å². The molecular formula is C16H26N2O3S. The summed E-state index contributed by atoms with van der Waals surface area (Å²) in [6.07, 6.45) is 2.20. The van der Waals surface area contributed by atoms with Crippen LogP contribution in [0.25, 0.3) is 0 Å². The lowest BCUT2D eigenvalue weighted by atomic mass is 10.1. The summed E-state index contributed by atoms with van der Waals surface area (Å²) in [6.45, 7) is 6.36. The van der Waals surface area contributed by atoms with Crippen LogP contribution >= 0.6 is 0 Å². The Bertz CT molecular complexity index is 599. The topological polar surface area (TPSA) is 66.5 Å². The van der Waals surface area contributed by atoms with Crippen molar-refractivity contribution in [2.45, 2.75) is 46.2 Å². The Labute approximate surface area is 133 Å². The van der Waals surface area contributed by atoms with Gasteiger partial charge >= 0.3 is 0 Å². The number of hydrogen-bond donors (Lipinski definition) is 1. The normalized spacial score (nSPS) is 13.1. The lowest BCUT2D eigenvalue weighted by Crippen LogP contribution is -2.37. The second-order valence-electron chi connectivity index (χ2n) is 5.65. The molecule has 1 amide bonds. The van der Waals surface area contributed by atoms with Gasteiger partial charge in [-0.3, -0.25) is 4.79 Å². The van der Waals surface area contributed by atoms with E-state index < -0.39 is 10.0 Å². The number of hydrogen-bond acceptors (Lipinski definition) is 3. The van der Waals surface area contributed by atoms with E-state index in [4.69, 9.17) is 0 Å². The van der Waals surface area contributed by atoms with E-state index in [1.807, 2.05) is 45.0 Å². The minimum atomic E-state index is -3.36. The Morgan fingerprint density at radius 3 is 2.50 bits per heavy atom. The van der Waals surface area contributed by atoms with Crippen molar-refractivity contribution in [1.82, 2.24) is 9.62 Å². The van der Waals surface area contributed by atoms with Crippen molar-refractivity contribution >= 4 is 15.9 Å². The van der Waals surface area contributed by atoms with Crippen LogP contribution in [0.4, 0.5) is 0 Å². The van der Waals surface area contributed by atoms with Crippen molar-refractivity contribution in [3.05, 3.63) is 35.4 Å². The molecule has 0 aromatic heterocycles. The molecule has 5 nitrogen and oxygen atoms in total. The molecule has 0 heterocycles. The van der Waals surface area contributed by atoms with Crippen LogP contribution in [0, 0.1) is 6.92 Å². The summed E-state index contributed by atoms with van der Waals surface area (Å²) in [4.78, 5) is 11.8. The van der Waals surface area contributed by atoms with Crippen molar-refractivity contribution < 1.29 is 13.2 Å². The van der Waals surface area contributed by atoms with Gasteiger partial charge in [0.05, 0.1) is 6.26 Å². The predicted octanol–water partition coefficient (Wildman–Crippen LogP) is 2.06. The maximum Gasteiger partial charge on any atom is 0.221 e. The highest BCUT2D eigenvalue weighted by Gasteiger charge is 2.19. The Hall–Kier alpha value is -1.40. The summed E-state index contributed by atoms with van der Waals surface area (Å²) < 4.78 is 25.2. The third-order valence-corrected chi connectivity index (χ3v) is 4.93. The van der Waals surface area contributed by atoms with Crippen LogP contribution in [0.3, 0.4) is 0 Å². The number of carbonyl (C=O) groups is 1. The van der Waals surface area contributed by atoms with Crippen LogP contribution in [-0.4, -0.2) is 37.5 Å². The first kappa shape index (κ1) is 18.6. The summed E-state index contributed by atoms with van der Waals surface area (Å²) in [5.41, 5.74) is 2.00. The monoisotopic (exact) mass is 326 g/mol. The molecule has 22 heavy (non-hydrogen) atoms. The van der Waals surface area contributed by atoms with E-state index in [0.29, 0.717) is 6.54 Å². The van der Waals surface area contributed by atoms with Gasteiger partial charge in [-0.05, 0) is 31.4 Å². The Balaban J connectivity index is 2.71. The van der Waals surface area contributed by atoms with Crippen molar-refractivity contribution in [3.63, 3.8) is 0 Å². The summed E-state index contributed by atoms with van der Waals surface area (Å²) in [6, 6.07) is 7.77. The van der Waals surface area contributed by atoms with Crippen LogP contribution in [0.2, 0.25) is 0 Å². The van der Waals surface area contributed by atoms with Crippen molar-refractivity contribution in [2.75, 3.05) is 12.8 Å². The molecular weight excluding hydrogens is 300 g/mol. The predicted molar refractivity (Wildman–Crippen MR) is 88.9 cm³/mol. The molecule has 124 valence electrons. The number of rotatable bonds is 8. The van der Waals surface area contributed by atoms with Crippen LogP contribution in [0.5, 0.6) is 0 Å². The fourth-order valence-corrected chi connectivity index (χ4v) is 2.81. The first-order chi connectivity index (χ1) is 10.2. The minimum absolute atomic E-state index is 0.107. The number of carbonyl (C=O) groups excluding carboxylic acids is 1. The zero-order valence-electron chi connectivity index (χ0n) is 13.8. The largest absolute Gasteiger partial charge is 0.354 e. The van der Waals surface area contributed by atoms with Crippen molar-refractivity contribution in [1.29, 1.82) is 0 Å². The van der Waals surface area contributed by atoms with Crippen LogP contribution in [-0.2, 0) is 21.4 Å². The Morgan fingerprint density at radius 2 is 1.95 bits per heavy atom. The molecule has 1 rings (SSSR count). The number of sulfonamides is 1. The van der Waals surface area contributed by atoms with Crippen molar-refractivity contribution in [3.8, 4) is 0 Å². The van der Waals surface area contributed by atoms with E-state index in [0.717, 1.165) is 17.5 Å². The Kier molecular flexibility index (Phi) is 7.03. The number of amides is 1. The van der Waals surface area contributed by atoms with Gasteiger partial charge in [0, 0.05) is 25.6 Å². The standard InChI is InChI=1S/C16H26N2O3S/c1-5-14(3)17-16(19)10-11-18(22(4,20)21)12-15-9-7-6-8-13(15)2/h6-9,14H,5,10-12H2,1-4H3,(H,17,19). The maximum atomic E-state index is 11.9. The van der Waals surface area contributed by atoms with Gasteiger partial charge in [0.25, 0.3) is 0 Å². The average Bonchev–Trinajstić information content (AvgIpc) is 2.43. The molecule has 1 unspecified atom stereocenters. The van der Waals surface area contributed by atoms with Crippen LogP contribution in [0.15, 0.2) is 24.3 Å². The molecule has 0 fully saturated rings. The van der Waals surface area contributed by atoms with E-state index in [1.165, 1.54) is 10.6 Å². The van der Waals surface area contributed by atoms with Gasteiger partial charge in [0.15, 0.2) is 0 Å². The number of nitrogens with zero attached hydrogens (tertiary/aromatic N) is 1. The van der Waals surface area contributed by atoms with E-state index in [1.54, 1.807) is 0 Å². The molecule has 0 saturated heterocycles. The zero-order valence-corrected chi connectivity index (χ0v) is 14.6. The van der Waals surface area contributed by atoms with Gasteiger partial charge in [-0.25, -0.2) is 8.42 Å². The molecule has 0 spiro atoms. The van der Waals surface area contributed by atoms with Gasteiger partial charge in [0.1, 0.15) is 0 Å². The molecule has 0 radical (unpaired) electrons. The first-order valence-corrected chi connectivity index (χ1v) is 9.37. The fourth-order valence-electron chi connectivity index (χ4n) is 2.01. The molecule has 1 aromatic carbocycles. The molecule has 0 bridgehead atoms. The maximum absolute atomic E-state index is 11.9. The van der Waals surface area contributed by atoms with Crippen LogP contribution in [0.1, 0.15) is 37.8 Å². The summed E-state index contributed by atoms with van der Waals surface area (Å²) >= 11 is 0. The van der Waals surface area contributed by atoms with E-state index in [-0.39, 0.29) is 24.9 Å². The lowest BCUT2D eigenvalue weighted by molar-refractivity contribution is -0.121. The van der Waals surface area contributed by atoms with E-state index >= 15 is 0 Å². The highest BCUT2D eigenvalue weighted by molar-refractivity contribution is 7.88. The Morgan fingerprint density at radius 1 is 1.32 bits per heavy atom. The molecule has 0 aliphatic carbocycles.